The minimum absolute atomic E-state index is 0.323. The van der Waals surface area contributed by atoms with E-state index in [4.69, 9.17) is 0 Å². The molecule has 2 aliphatic rings. The van der Waals surface area contributed by atoms with Crippen molar-refractivity contribution in [2.24, 2.45) is 11.3 Å². The van der Waals surface area contributed by atoms with Gasteiger partial charge in [0.05, 0.1) is 11.6 Å². The Morgan fingerprint density at radius 1 is 1.25 bits per heavy atom. The van der Waals surface area contributed by atoms with E-state index in [1.165, 1.54) is 47.9 Å². The number of fused-ring (bicyclic) bond motifs is 3. The van der Waals surface area contributed by atoms with Crippen molar-refractivity contribution in [2.45, 2.75) is 78.6 Å². The fraction of sp³-hybridized carbons (Fsp3) is 0.609. The first-order valence-corrected chi connectivity index (χ1v) is 9.67. The maximum atomic E-state index is 9.81. The number of allylic oxidation sites excluding steroid dienone is 2. The fourth-order valence-electron chi connectivity index (χ4n) is 5.03. The average Bonchev–Trinajstić information content (AvgIpc) is 2.53. The Morgan fingerprint density at radius 2 is 2.04 bits per heavy atom. The van der Waals surface area contributed by atoms with Crippen LogP contribution < -0.4 is 0 Å². The first kappa shape index (κ1) is 17.3. The number of benzene rings is 1. The van der Waals surface area contributed by atoms with Crippen LogP contribution in [0.1, 0.15) is 88.0 Å². The normalized spacial score (nSPS) is 24.5. The standard InChI is InChI=1S/C23H31N/c1-5-6-7-8-17-12-18-14-23(3,4)21-10-9-16(2)11-20(21)22(18)19(13-17)15-24/h9,12-13,20-21H,5-8,10-11,14H2,1-4H3/t20?,21-/m1/s1. The van der Waals surface area contributed by atoms with Crippen LogP contribution in [0.4, 0.5) is 0 Å². The van der Waals surface area contributed by atoms with E-state index in [1.807, 2.05) is 0 Å². The molecule has 0 heterocycles. The van der Waals surface area contributed by atoms with Gasteiger partial charge in [0.2, 0.25) is 0 Å². The largest absolute Gasteiger partial charge is 0.192 e. The number of aryl methyl sites for hydroxylation is 1. The van der Waals surface area contributed by atoms with Gasteiger partial charge in [-0.25, -0.2) is 0 Å². The van der Waals surface area contributed by atoms with Crippen LogP contribution in [0.2, 0.25) is 0 Å². The quantitative estimate of drug-likeness (QED) is 0.470. The van der Waals surface area contributed by atoms with Gasteiger partial charge in [-0.05, 0) is 79.0 Å². The summed E-state index contributed by atoms with van der Waals surface area (Å²) in [5, 5.41) is 9.81. The van der Waals surface area contributed by atoms with Gasteiger partial charge in [-0.3, -0.25) is 0 Å². The summed E-state index contributed by atoms with van der Waals surface area (Å²) in [5.41, 5.74) is 6.99. The average molecular weight is 322 g/mol. The van der Waals surface area contributed by atoms with Crippen molar-refractivity contribution in [2.75, 3.05) is 0 Å². The third kappa shape index (κ3) is 3.16. The molecule has 0 radical (unpaired) electrons. The zero-order chi connectivity index (χ0) is 17.3. The predicted octanol–water partition coefficient (Wildman–Crippen LogP) is 6.31. The van der Waals surface area contributed by atoms with Crippen molar-refractivity contribution in [1.82, 2.24) is 0 Å². The molecule has 0 amide bonds. The molecule has 0 aromatic heterocycles. The van der Waals surface area contributed by atoms with Gasteiger partial charge < -0.3 is 0 Å². The van der Waals surface area contributed by atoms with Crippen molar-refractivity contribution in [1.29, 1.82) is 5.26 Å². The molecule has 2 aliphatic carbocycles. The van der Waals surface area contributed by atoms with Gasteiger partial charge >= 0.3 is 0 Å². The van der Waals surface area contributed by atoms with E-state index in [0.717, 1.165) is 24.8 Å². The summed E-state index contributed by atoms with van der Waals surface area (Å²) in [4.78, 5) is 0. The highest BCUT2D eigenvalue weighted by atomic mass is 14.5. The van der Waals surface area contributed by atoms with Crippen molar-refractivity contribution in [3.05, 3.63) is 46.0 Å². The summed E-state index contributed by atoms with van der Waals surface area (Å²) < 4.78 is 0. The maximum absolute atomic E-state index is 9.81. The second-order valence-electron chi connectivity index (χ2n) is 8.65. The topological polar surface area (TPSA) is 23.8 Å². The van der Waals surface area contributed by atoms with E-state index in [9.17, 15) is 5.26 Å². The first-order chi connectivity index (χ1) is 11.5. The second-order valence-corrected chi connectivity index (χ2v) is 8.65. The summed E-state index contributed by atoms with van der Waals surface area (Å²) in [6.07, 6.45) is 10.7. The van der Waals surface area contributed by atoms with E-state index in [-0.39, 0.29) is 0 Å². The molecule has 3 rings (SSSR count). The van der Waals surface area contributed by atoms with E-state index in [1.54, 1.807) is 0 Å². The molecule has 0 fully saturated rings. The maximum Gasteiger partial charge on any atom is 0.0994 e. The zero-order valence-corrected chi connectivity index (χ0v) is 15.8. The van der Waals surface area contributed by atoms with E-state index < -0.39 is 0 Å². The molecular weight excluding hydrogens is 290 g/mol. The Hall–Kier alpha value is -1.55. The van der Waals surface area contributed by atoms with Crippen molar-refractivity contribution in [3.8, 4) is 6.07 Å². The summed E-state index contributed by atoms with van der Waals surface area (Å²) >= 11 is 0. The van der Waals surface area contributed by atoms with Crippen LogP contribution in [0, 0.1) is 22.7 Å². The highest BCUT2D eigenvalue weighted by Gasteiger charge is 2.43. The first-order valence-electron chi connectivity index (χ1n) is 9.67. The van der Waals surface area contributed by atoms with Gasteiger partial charge in [0.25, 0.3) is 0 Å². The Morgan fingerprint density at radius 3 is 2.75 bits per heavy atom. The van der Waals surface area contributed by atoms with Crippen LogP contribution in [0.15, 0.2) is 23.8 Å². The third-order valence-corrected chi connectivity index (χ3v) is 6.28. The number of nitrogens with zero attached hydrogens (tertiary/aromatic N) is 1. The fourth-order valence-corrected chi connectivity index (χ4v) is 5.03. The van der Waals surface area contributed by atoms with Gasteiger partial charge in [-0.2, -0.15) is 5.26 Å². The molecule has 1 nitrogen and oxygen atoms in total. The second kappa shape index (κ2) is 6.75. The SMILES string of the molecule is CCCCCc1cc(C#N)c2c(c1)CC(C)(C)[C@@H]1CC=C(C)CC21. The van der Waals surface area contributed by atoms with Gasteiger partial charge in [0.15, 0.2) is 0 Å². The van der Waals surface area contributed by atoms with E-state index >= 15 is 0 Å². The third-order valence-electron chi connectivity index (χ3n) is 6.28. The Labute approximate surface area is 147 Å². The predicted molar refractivity (Wildman–Crippen MR) is 101 cm³/mol. The van der Waals surface area contributed by atoms with Crippen LogP contribution in [-0.2, 0) is 12.8 Å². The zero-order valence-electron chi connectivity index (χ0n) is 15.8. The summed E-state index contributed by atoms with van der Waals surface area (Å²) in [6, 6.07) is 7.16. The van der Waals surface area contributed by atoms with Gasteiger partial charge in [-0.15, -0.1) is 0 Å². The Bertz CT molecular complexity index is 687. The molecule has 2 atom stereocenters. The van der Waals surface area contributed by atoms with Gasteiger partial charge in [0, 0.05) is 0 Å². The summed E-state index contributed by atoms with van der Waals surface area (Å²) in [7, 11) is 0. The lowest BCUT2D eigenvalue weighted by atomic mass is 9.57. The van der Waals surface area contributed by atoms with Crippen LogP contribution >= 0.6 is 0 Å². The highest BCUT2D eigenvalue weighted by Crippen LogP contribution is 2.53. The number of rotatable bonds is 4. The molecule has 1 unspecified atom stereocenters. The molecule has 24 heavy (non-hydrogen) atoms. The summed E-state index contributed by atoms with van der Waals surface area (Å²) in [5.74, 6) is 1.21. The molecule has 0 saturated carbocycles. The lowest BCUT2D eigenvalue weighted by Gasteiger charge is -2.47. The molecular formula is C23H31N. The van der Waals surface area contributed by atoms with Crippen LogP contribution in [-0.4, -0.2) is 0 Å². The molecule has 0 N–H and O–H groups in total. The van der Waals surface area contributed by atoms with Crippen LogP contribution in [0.5, 0.6) is 0 Å². The van der Waals surface area contributed by atoms with Crippen molar-refractivity contribution >= 4 is 0 Å². The molecule has 128 valence electrons. The van der Waals surface area contributed by atoms with Crippen LogP contribution in [0.3, 0.4) is 0 Å². The smallest absolute Gasteiger partial charge is 0.0994 e. The Balaban J connectivity index is 2.03. The molecule has 0 saturated heterocycles. The molecule has 0 bridgehead atoms. The monoisotopic (exact) mass is 321 g/mol. The van der Waals surface area contributed by atoms with Crippen LogP contribution in [0.25, 0.3) is 0 Å². The molecule has 1 aromatic carbocycles. The highest BCUT2D eigenvalue weighted by molar-refractivity contribution is 5.51. The van der Waals surface area contributed by atoms with Gasteiger partial charge in [0.1, 0.15) is 0 Å². The van der Waals surface area contributed by atoms with E-state index in [2.05, 4.69) is 52.0 Å². The number of unbranched alkanes of at least 4 members (excludes halogenated alkanes) is 2. The van der Waals surface area contributed by atoms with Crippen molar-refractivity contribution < 1.29 is 0 Å². The number of hydrogen-bond donors (Lipinski definition) is 0. The molecule has 0 aliphatic heterocycles. The number of nitriles is 1. The van der Waals surface area contributed by atoms with E-state index in [0.29, 0.717) is 17.3 Å². The minimum atomic E-state index is 0.323. The van der Waals surface area contributed by atoms with Crippen molar-refractivity contribution in [3.63, 3.8) is 0 Å². The lowest BCUT2D eigenvalue weighted by Crippen LogP contribution is -2.38. The molecule has 1 heteroatoms. The number of hydrogen-bond acceptors (Lipinski definition) is 1. The summed E-state index contributed by atoms with van der Waals surface area (Å²) in [6.45, 7) is 9.35. The van der Waals surface area contributed by atoms with Gasteiger partial charge in [-0.1, -0.05) is 51.3 Å². The molecule has 0 spiro atoms. The lowest BCUT2D eigenvalue weighted by molar-refractivity contribution is 0.151. The Kier molecular flexibility index (Phi) is 4.86. The molecule has 1 aromatic rings. The minimum Gasteiger partial charge on any atom is -0.192 e.